The van der Waals surface area contributed by atoms with Crippen molar-refractivity contribution in [1.82, 2.24) is 24.9 Å². The van der Waals surface area contributed by atoms with Gasteiger partial charge < -0.3 is 9.32 Å². The molecule has 164 valence electrons. The third-order valence-electron chi connectivity index (χ3n) is 5.16. The van der Waals surface area contributed by atoms with E-state index in [9.17, 15) is 9.59 Å². The third-order valence-corrected chi connectivity index (χ3v) is 5.49. The quantitative estimate of drug-likeness (QED) is 0.442. The molecular formula is C23H22ClN5O3. The van der Waals surface area contributed by atoms with Gasteiger partial charge in [0.15, 0.2) is 0 Å². The Kier molecular flexibility index (Phi) is 6.05. The predicted octanol–water partition coefficient (Wildman–Crippen LogP) is 3.85. The Morgan fingerprint density at radius 1 is 1.09 bits per heavy atom. The van der Waals surface area contributed by atoms with Gasteiger partial charge >= 0.3 is 0 Å². The molecule has 2 aromatic carbocycles. The molecular weight excluding hydrogens is 430 g/mol. The Bertz CT molecular complexity index is 1340. The monoisotopic (exact) mass is 451 g/mol. The van der Waals surface area contributed by atoms with Gasteiger partial charge in [-0.25, -0.2) is 4.68 Å². The largest absolute Gasteiger partial charge is 0.419 e. The highest BCUT2D eigenvalue weighted by Gasteiger charge is 2.22. The number of amides is 1. The van der Waals surface area contributed by atoms with E-state index < -0.39 is 0 Å². The van der Waals surface area contributed by atoms with E-state index in [1.807, 2.05) is 45.0 Å². The van der Waals surface area contributed by atoms with Crippen molar-refractivity contribution in [3.8, 4) is 11.5 Å². The van der Waals surface area contributed by atoms with Gasteiger partial charge in [0.05, 0.1) is 28.2 Å². The summed E-state index contributed by atoms with van der Waals surface area (Å²) >= 11 is 6.20. The molecule has 4 rings (SSSR count). The van der Waals surface area contributed by atoms with Crippen LogP contribution in [0, 0.1) is 6.92 Å². The van der Waals surface area contributed by atoms with Crippen LogP contribution < -0.4 is 5.56 Å². The number of aromatic nitrogens is 4. The van der Waals surface area contributed by atoms with Gasteiger partial charge in [0.2, 0.25) is 17.7 Å². The van der Waals surface area contributed by atoms with Crippen molar-refractivity contribution < 1.29 is 9.21 Å². The molecule has 0 aliphatic carbocycles. The minimum atomic E-state index is -0.304. The Labute approximate surface area is 189 Å². The molecule has 1 amide bonds. The predicted molar refractivity (Wildman–Crippen MR) is 121 cm³/mol. The number of nitrogens with zero attached hydrogens (tertiary/aromatic N) is 5. The first kappa shape index (κ1) is 21.7. The van der Waals surface area contributed by atoms with E-state index >= 15 is 0 Å². The van der Waals surface area contributed by atoms with Crippen molar-refractivity contribution >= 4 is 28.3 Å². The Morgan fingerprint density at radius 2 is 1.78 bits per heavy atom. The summed E-state index contributed by atoms with van der Waals surface area (Å²) in [5.41, 5.74) is 1.00. The molecule has 4 aromatic rings. The molecule has 2 heterocycles. The molecule has 0 atom stereocenters. The maximum Gasteiger partial charge on any atom is 0.275 e. The Hall–Kier alpha value is -3.52. The van der Waals surface area contributed by atoms with E-state index in [4.69, 9.17) is 16.0 Å². The highest BCUT2D eigenvalue weighted by atomic mass is 35.5. The molecule has 0 N–H and O–H groups in total. The average Bonchev–Trinajstić information content (AvgIpc) is 3.24. The van der Waals surface area contributed by atoms with Crippen LogP contribution in [0.1, 0.15) is 25.4 Å². The molecule has 2 aromatic heterocycles. The zero-order chi connectivity index (χ0) is 22.8. The lowest BCUT2D eigenvalue weighted by atomic mass is 10.1. The highest BCUT2D eigenvalue weighted by Crippen LogP contribution is 2.26. The van der Waals surface area contributed by atoms with Crippen LogP contribution in [0.5, 0.6) is 0 Å². The summed E-state index contributed by atoms with van der Waals surface area (Å²) in [4.78, 5) is 27.5. The fourth-order valence-corrected chi connectivity index (χ4v) is 3.71. The van der Waals surface area contributed by atoms with Gasteiger partial charge in [-0.2, -0.15) is 5.10 Å². The first-order valence-electron chi connectivity index (χ1n) is 10.2. The zero-order valence-corrected chi connectivity index (χ0v) is 18.7. The van der Waals surface area contributed by atoms with E-state index in [0.29, 0.717) is 21.7 Å². The lowest BCUT2D eigenvalue weighted by molar-refractivity contribution is -0.134. The van der Waals surface area contributed by atoms with Crippen LogP contribution in [0.15, 0.2) is 57.7 Å². The number of hydrogen-bond donors (Lipinski definition) is 0. The number of carbonyl (C=O) groups excluding carboxylic acids is 1. The van der Waals surface area contributed by atoms with Crippen molar-refractivity contribution in [2.75, 3.05) is 0 Å². The summed E-state index contributed by atoms with van der Waals surface area (Å²) in [5.74, 6) is 0.281. The van der Waals surface area contributed by atoms with Crippen LogP contribution in [0.3, 0.4) is 0 Å². The van der Waals surface area contributed by atoms with Crippen molar-refractivity contribution in [1.29, 1.82) is 0 Å². The van der Waals surface area contributed by atoms with Gasteiger partial charge in [0.1, 0.15) is 6.54 Å². The van der Waals surface area contributed by atoms with Crippen LogP contribution in [-0.2, 0) is 17.9 Å². The summed E-state index contributed by atoms with van der Waals surface area (Å²) in [6.45, 7) is 5.50. The summed E-state index contributed by atoms with van der Waals surface area (Å²) in [6, 6.07) is 14.2. The second kappa shape index (κ2) is 8.92. The summed E-state index contributed by atoms with van der Waals surface area (Å²) in [5, 5.41) is 14.3. The smallest absolute Gasteiger partial charge is 0.275 e. The lowest BCUT2D eigenvalue weighted by Crippen LogP contribution is -2.41. The summed E-state index contributed by atoms with van der Waals surface area (Å²) < 4.78 is 6.95. The minimum Gasteiger partial charge on any atom is -0.419 e. The average molecular weight is 452 g/mol. The molecule has 0 aliphatic heterocycles. The van der Waals surface area contributed by atoms with Gasteiger partial charge in [-0.3, -0.25) is 9.59 Å². The number of rotatable bonds is 6. The minimum absolute atomic E-state index is 0.106. The molecule has 0 unspecified atom stereocenters. The number of benzene rings is 2. The highest BCUT2D eigenvalue weighted by molar-refractivity contribution is 6.33. The van der Waals surface area contributed by atoms with Gasteiger partial charge in [0.25, 0.3) is 5.56 Å². The fraction of sp³-hybridized carbons (Fsp3) is 0.261. The van der Waals surface area contributed by atoms with Crippen LogP contribution in [-0.4, -0.2) is 36.8 Å². The summed E-state index contributed by atoms with van der Waals surface area (Å²) in [6.07, 6.45) is 0. The first-order chi connectivity index (χ1) is 15.3. The molecule has 0 radical (unpaired) electrons. The third kappa shape index (κ3) is 4.27. The first-order valence-corrected chi connectivity index (χ1v) is 10.6. The lowest BCUT2D eigenvalue weighted by Gasteiger charge is -2.25. The number of carbonyl (C=O) groups is 1. The number of aryl methyl sites for hydroxylation is 1. The molecule has 0 bridgehead atoms. The maximum absolute atomic E-state index is 13.1. The van der Waals surface area contributed by atoms with Crippen LogP contribution in [0.25, 0.3) is 22.2 Å². The molecule has 0 spiro atoms. The standard InChI is InChI=1S/C23H22ClN5O3/c1-14(2)28(12-20-25-26-22(32-20)18-10-6-7-11-19(18)24)21(30)13-29-23(31)17-9-5-4-8-16(17)15(3)27-29/h4-11,14H,12-13H2,1-3H3. The molecule has 0 saturated heterocycles. The second-order valence-electron chi connectivity index (χ2n) is 7.69. The van der Waals surface area contributed by atoms with E-state index in [1.54, 1.807) is 29.2 Å². The van der Waals surface area contributed by atoms with Gasteiger partial charge in [0, 0.05) is 11.4 Å². The van der Waals surface area contributed by atoms with Crippen molar-refractivity contribution in [3.63, 3.8) is 0 Å². The molecule has 32 heavy (non-hydrogen) atoms. The van der Waals surface area contributed by atoms with Crippen molar-refractivity contribution in [2.24, 2.45) is 0 Å². The van der Waals surface area contributed by atoms with Gasteiger partial charge in [-0.1, -0.05) is 41.9 Å². The molecule has 0 aliphatic rings. The van der Waals surface area contributed by atoms with E-state index in [1.165, 1.54) is 4.68 Å². The molecule has 9 heteroatoms. The number of fused-ring (bicyclic) bond motifs is 1. The molecule has 8 nitrogen and oxygen atoms in total. The topological polar surface area (TPSA) is 94.1 Å². The van der Waals surface area contributed by atoms with E-state index in [0.717, 1.165) is 5.39 Å². The van der Waals surface area contributed by atoms with E-state index in [-0.39, 0.29) is 42.4 Å². The van der Waals surface area contributed by atoms with Crippen LogP contribution in [0.2, 0.25) is 5.02 Å². The number of hydrogen-bond acceptors (Lipinski definition) is 6. The zero-order valence-electron chi connectivity index (χ0n) is 17.9. The Balaban J connectivity index is 1.57. The second-order valence-corrected chi connectivity index (χ2v) is 8.10. The fourth-order valence-electron chi connectivity index (χ4n) is 3.50. The van der Waals surface area contributed by atoms with Gasteiger partial charge in [-0.15, -0.1) is 10.2 Å². The van der Waals surface area contributed by atoms with Crippen molar-refractivity contribution in [2.45, 2.75) is 39.9 Å². The van der Waals surface area contributed by atoms with Crippen LogP contribution >= 0.6 is 11.6 Å². The molecule has 0 fully saturated rings. The van der Waals surface area contributed by atoms with Gasteiger partial charge in [-0.05, 0) is 39.0 Å². The van der Waals surface area contributed by atoms with Crippen LogP contribution in [0.4, 0.5) is 0 Å². The maximum atomic E-state index is 13.1. The van der Waals surface area contributed by atoms with E-state index in [2.05, 4.69) is 15.3 Å². The van der Waals surface area contributed by atoms with Crippen molar-refractivity contribution in [3.05, 3.63) is 75.5 Å². The SMILES string of the molecule is Cc1nn(CC(=O)N(Cc2nnc(-c3ccccc3Cl)o2)C(C)C)c(=O)c2ccccc12. The summed E-state index contributed by atoms with van der Waals surface area (Å²) in [7, 11) is 0. The molecule has 0 saturated carbocycles. The Morgan fingerprint density at radius 3 is 2.50 bits per heavy atom. The normalized spacial score (nSPS) is 11.3. The number of halogens is 1.